The quantitative estimate of drug-likeness (QED) is 0.339. The summed E-state index contributed by atoms with van der Waals surface area (Å²) in [5, 5.41) is 10.5. The van der Waals surface area contributed by atoms with Gasteiger partial charge in [-0.15, -0.1) is 0 Å². The van der Waals surface area contributed by atoms with Gasteiger partial charge >= 0.3 is 5.97 Å². The first-order valence-electron chi connectivity index (χ1n) is 9.74. The smallest absolute Gasteiger partial charge is 0.338 e. The van der Waals surface area contributed by atoms with Crippen LogP contribution in [0.5, 0.6) is 5.75 Å². The summed E-state index contributed by atoms with van der Waals surface area (Å²) in [6.07, 6.45) is 1.68. The van der Waals surface area contributed by atoms with Crippen molar-refractivity contribution in [3.05, 3.63) is 91.7 Å². The highest BCUT2D eigenvalue weighted by Crippen LogP contribution is 2.31. The van der Waals surface area contributed by atoms with Crippen LogP contribution >= 0.6 is 56.5 Å². The zero-order valence-corrected chi connectivity index (χ0v) is 22.3. The lowest BCUT2D eigenvalue weighted by Gasteiger charge is -2.24. The predicted molar refractivity (Wildman–Crippen MR) is 140 cm³/mol. The number of carbonyl (C=O) groups excluding carboxylic acids is 1. The first kappa shape index (κ1) is 23.2. The number of aromatic hydroxyl groups is 1. The monoisotopic (exact) mass is 672 g/mol. The number of hydrogen-bond acceptors (Lipinski definition) is 6. The lowest BCUT2D eigenvalue weighted by Crippen LogP contribution is -2.39. The number of carbonyl (C=O) groups is 1. The molecule has 0 radical (unpaired) electrons. The van der Waals surface area contributed by atoms with Gasteiger partial charge in [-0.25, -0.2) is 9.79 Å². The molecule has 0 aliphatic carbocycles. The maximum absolute atomic E-state index is 13.5. The first-order chi connectivity index (χ1) is 15.3. The molecule has 6 nitrogen and oxygen atoms in total. The third-order valence-electron chi connectivity index (χ3n) is 4.98. The molecule has 1 unspecified atom stereocenters. The molecule has 3 aromatic rings. The van der Waals surface area contributed by atoms with Crippen LogP contribution in [0.25, 0.3) is 6.08 Å². The van der Waals surface area contributed by atoms with Crippen molar-refractivity contribution >= 4 is 68.6 Å². The Morgan fingerprint density at radius 3 is 2.69 bits per heavy atom. The van der Waals surface area contributed by atoms with E-state index < -0.39 is 12.0 Å². The van der Waals surface area contributed by atoms with Crippen molar-refractivity contribution in [1.29, 1.82) is 0 Å². The fourth-order valence-corrected chi connectivity index (χ4v) is 6.51. The number of hydrogen-bond donors (Lipinski definition) is 1. The summed E-state index contributed by atoms with van der Waals surface area (Å²) in [6.45, 7) is 3.73. The van der Waals surface area contributed by atoms with E-state index in [9.17, 15) is 14.7 Å². The number of ether oxygens (including phenoxy) is 1. The van der Waals surface area contributed by atoms with Gasteiger partial charge in [0.1, 0.15) is 5.75 Å². The molecule has 2 aromatic carbocycles. The molecular weight excluding hydrogens is 654 g/mol. The van der Waals surface area contributed by atoms with Gasteiger partial charge in [-0.2, -0.15) is 0 Å². The van der Waals surface area contributed by atoms with Gasteiger partial charge in [-0.05, 0) is 82.8 Å². The minimum absolute atomic E-state index is 0.125. The van der Waals surface area contributed by atoms with Crippen molar-refractivity contribution < 1.29 is 14.6 Å². The number of fused-ring (bicyclic) bond motifs is 1. The molecule has 2 heterocycles. The van der Waals surface area contributed by atoms with Gasteiger partial charge in [-0.3, -0.25) is 9.36 Å². The molecule has 1 N–H and O–H groups in total. The highest BCUT2D eigenvalue weighted by atomic mass is 127. The Morgan fingerprint density at radius 2 is 2.00 bits per heavy atom. The Morgan fingerprint density at radius 1 is 1.28 bits per heavy atom. The predicted octanol–water partition coefficient (Wildman–Crippen LogP) is 3.71. The number of allylic oxidation sites excluding steroid dienone is 1. The van der Waals surface area contributed by atoms with Crippen molar-refractivity contribution in [1.82, 2.24) is 4.57 Å². The molecule has 1 atom stereocenters. The molecule has 0 saturated carbocycles. The SMILES string of the molecule is CCOC(=O)C1=C(C)N=c2sc(=Cc3cc(I)cc(I)c3O)c(=O)n2C1c1ccccc1. The number of aromatic nitrogens is 1. The van der Waals surface area contributed by atoms with Crippen LogP contribution in [0.2, 0.25) is 0 Å². The standard InChI is InChI=1S/C23H18I2N2O4S/c1-3-31-22(30)18-12(2)26-23-27(19(18)13-7-5-4-6-8-13)21(29)17(32-23)10-14-9-15(24)11-16(25)20(14)28/h4-11,19,28H,3H2,1-2H3. The Kier molecular flexibility index (Phi) is 6.86. The Bertz CT molecular complexity index is 1420. The number of benzene rings is 2. The molecule has 0 saturated heterocycles. The zero-order valence-electron chi connectivity index (χ0n) is 17.1. The number of phenols is 1. The fraction of sp³-hybridized carbons (Fsp3) is 0.174. The Hall–Kier alpha value is -1.99. The molecule has 0 spiro atoms. The molecule has 9 heteroatoms. The van der Waals surface area contributed by atoms with E-state index in [2.05, 4.69) is 50.2 Å². The van der Waals surface area contributed by atoms with Gasteiger partial charge in [0.15, 0.2) is 4.80 Å². The highest BCUT2D eigenvalue weighted by Gasteiger charge is 2.33. The van der Waals surface area contributed by atoms with Crippen molar-refractivity contribution in [2.45, 2.75) is 19.9 Å². The van der Waals surface area contributed by atoms with Crippen LogP contribution in [0.3, 0.4) is 0 Å². The zero-order chi connectivity index (χ0) is 23.0. The van der Waals surface area contributed by atoms with E-state index in [4.69, 9.17) is 4.74 Å². The van der Waals surface area contributed by atoms with E-state index in [1.807, 2.05) is 42.5 Å². The average Bonchev–Trinajstić information content (AvgIpc) is 3.06. The van der Waals surface area contributed by atoms with Gasteiger partial charge in [0.2, 0.25) is 0 Å². The van der Waals surface area contributed by atoms with E-state index >= 15 is 0 Å². The average molecular weight is 672 g/mol. The topological polar surface area (TPSA) is 80.9 Å². The molecule has 4 rings (SSSR count). The summed E-state index contributed by atoms with van der Waals surface area (Å²) in [6, 6.07) is 12.4. The van der Waals surface area contributed by atoms with E-state index in [1.54, 1.807) is 24.5 Å². The van der Waals surface area contributed by atoms with Crippen molar-refractivity contribution in [2.24, 2.45) is 4.99 Å². The van der Waals surface area contributed by atoms with Gasteiger partial charge < -0.3 is 9.84 Å². The highest BCUT2D eigenvalue weighted by molar-refractivity contribution is 14.1. The minimum Gasteiger partial charge on any atom is -0.506 e. The van der Waals surface area contributed by atoms with Crippen LogP contribution in [0, 0.1) is 7.14 Å². The third kappa shape index (κ3) is 4.29. The van der Waals surface area contributed by atoms with Crippen LogP contribution in [0.4, 0.5) is 0 Å². The van der Waals surface area contributed by atoms with E-state index in [0.717, 1.165) is 9.13 Å². The maximum Gasteiger partial charge on any atom is 0.338 e. The van der Waals surface area contributed by atoms with Gasteiger partial charge in [0.05, 0.1) is 32.0 Å². The second-order valence-corrected chi connectivity index (χ2v) is 10.5. The normalized spacial score (nSPS) is 16.0. The molecule has 1 aromatic heterocycles. The number of esters is 1. The molecule has 0 amide bonds. The summed E-state index contributed by atoms with van der Waals surface area (Å²) in [5.74, 6) is -0.360. The number of halogens is 2. The van der Waals surface area contributed by atoms with E-state index in [-0.39, 0.29) is 17.9 Å². The van der Waals surface area contributed by atoms with Crippen molar-refractivity contribution in [3.8, 4) is 5.75 Å². The summed E-state index contributed by atoms with van der Waals surface area (Å²) >= 11 is 5.47. The van der Waals surface area contributed by atoms with E-state index in [1.165, 1.54) is 11.3 Å². The van der Waals surface area contributed by atoms with Gasteiger partial charge in [0.25, 0.3) is 5.56 Å². The van der Waals surface area contributed by atoms with Crippen LogP contribution < -0.4 is 14.9 Å². The Labute approximate surface area is 215 Å². The summed E-state index contributed by atoms with van der Waals surface area (Å²) < 4.78 is 8.92. The summed E-state index contributed by atoms with van der Waals surface area (Å²) in [4.78, 5) is 31.4. The third-order valence-corrected chi connectivity index (χ3v) is 7.40. The number of nitrogens with zero attached hydrogens (tertiary/aromatic N) is 2. The Balaban J connectivity index is 1.98. The van der Waals surface area contributed by atoms with Crippen LogP contribution in [0.15, 0.2) is 63.5 Å². The van der Waals surface area contributed by atoms with Crippen LogP contribution in [-0.2, 0) is 9.53 Å². The van der Waals surface area contributed by atoms with Crippen LogP contribution in [0.1, 0.15) is 31.0 Å². The maximum atomic E-state index is 13.5. The first-order valence-corrected chi connectivity index (χ1v) is 12.7. The number of phenolic OH excluding ortho intramolecular Hbond substituents is 1. The fourth-order valence-electron chi connectivity index (χ4n) is 3.58. The molecule has 0 bridgehead atoms. The second-order valence-electron chi connectivity index (χ2n) is 7.04. The molecule has 1 aliphatic rings. The molecular formula is C23H18I2N2O4S. The van der Waals surface area contributed by atoms with Gasteiger partial charge in [0, 0.05) is 9.13 Å². The largest absolute Gasteiger partial charge is 0.506 e. The molecule has 164 valence electrons. The lowest BCUT2D eigenvalue weighted by molar-refractivity contribution is -0.139. The molecule has 32 heavy (non-hydrogen) atoms. The van der Waals surface area contributed by atoms with Crippen molar-refractivity contribution in [2.75, 3.05) is 6.61 Å². The summed E-state index contributed by atoms with van der Waals surface area (Å²) in [5.41, 5.74) is 1.96. The molecule has 0 fully saturated rings. The minimum atomic E-state index is -0.640. The lowest BCUT2D eigenvalue weighted by atomic mass is 9.96. The number of thiazole rings is 1. The van der Waals surface area contributed by atoms with Gasteiger partial charge in [-0.1, -0.05) is 41.7 Å². The summed E-state index contributed by atoms with van der Waals surface area (Å²) in [7, 11) is 0. The van der Waals surface area contributed by atoms with Crippen LogP contribution in [-0.4, -0.2) is 22.2 Å². The van der Waals surface area contributed by atoms with E-state index in [0.29, 0.717) is 29.7 Å². The number of rotatable bonds is 4. The second kappa shape index (κ2) is 9.48. The molecule has 1 aliphatic heterocycles. The van der Waals surface area contributed by atoms with Crippen molar-refractivity contribution in [3.63, 3.8) is 0 Å².